The van der Waals surface area contributed by atoms with Crippen LogP contribution in [0.4, 0.5) is 22.4 Å². The second-order valence-corrected chi connectivity index (χ2v) is 6.97. The fraction of sp³-hybridized carbons (Fsp3) is 0.588. The fourth-order valence-corrected chi connectivity index (χ4v) is 4.91. The fourth-order valence-electron chi connectivity index (χ4n) is 4.91. The molecule has 24 heavy (non-hydrogen) atoms. The average Bonchev–Trinajstić information content (AvgIpc) is 2.81. The number of hydrogen-bond donors (Lipinski definition) is 0. The molecule has 2 bridgehead atoms. The number of carbonyl (C=O) groups excluding carboxylic acids is 1. The van der Waals surface area contributed by atoms with Gasteiger partial charge in [-0.2, -0.15) is 8.78 Å². The average molecular weight is 343 g/mol. The zero-order chi connectivity index (χ0) is 17.1. The molecule has 4 rings (SSSR count). The largest absolute Gasteiger partial charge is 0.414 e. The van der Waals surface area contributed by atoms with Crippen molar-refractivity contribution >= 4 is 6.09 Å². The molecule has 1 saturated carbocycles. The summed E-state index contributed by atoms with van der Waals surface area (Å²) in [6.45, 7) is -3.19. The van der Waals surface area contributed by atoms with Crippen LogP contribution >= 0.6 is 0 Å². The van der Waals surface area contributed by atoms with Gasteiger partial charge in [-0.1, -0.05) is 30.3 Å². The van der Waals surface area contributed by atoms with Crippen molar-refractivity contribution in [2.24, 2.45) is 5.41 Å². The van der Waals surface area contributed by atoms with Gasteiger partial charge in [0.2, 0.25) is 0 Å². The highest BCUT2D eigenvalue weighted by Gasteiger charge is 2.82. The second-order valence-electron chi connectivity index (χ2n) is 6.97. The minimum atomic E-state index is -3.19. The van der Waals surface area contributed by atoms with Crippen LogP contribution in [0.2, 0.25) is 0 Å². The lowest BCUT2D eigenvalue weighted by atomic mass is 9.84. The quantitative estimate of drug-likeness (QED) is 0.746. The van der Waals surface area contributed by atoms with Crippen LogP contribution in [0.15, 0.2) is 30.3 Å². The number of alkyl halides is 4. The van der Waals surface area contributed by atoms with Crippen LogP contribution in [-0.2, 0) is 4.74 Å². The molecular formula is C17H17F4NO2. The van der Waals surface area contributed by atoms with E-state index in [1.165, 1.54) is 4.90 Å². The molecule has 1 spiro atoms. The summed E-state index contributed by atoms with van der Waals surface area (Å²) >= 11 is 0. The Bertz CT molecular complexity index is 637. The van der Waals surface area contributed by atoms with E-state index in [1.807, 2.05) is 0 Å². The number of amides is 1. The minimum Gasteiger partial charge on any atom is -0.386 e. The predicted molar refractivity (Wildman–Crippen MR) is 76.9 cm³/mol. The van der Waals surface area contributed by atoms with E-state index in [0.29, 0.717) is 18.4 Å². The van der Waals surface area contributed by atoms with Crippen molar-refractivity contribution < 1.29 is 27.1 Å². The van der Waals surface area contributed by atoms with Crippen LogP contribution < -0.4 is 0 Å². The lowest BCUT2D eigenvalue weighted by Gasteiger charge is -2.38. The molecule has 7 heteroatoms. The molecule has 0 aromatic heterocycles. The zero-order valence-corrected chi connectivity index (χ0v) is 12.8. The van der Waals surface area contributed by atoms with Crippen molar-refractivity contribution in [1.29, 1.82) is 0 Å². The SMILES string of the molecule is O=C(OC(F)F)N1C2CCC1CC1(C2)C(c2ccccc2)C1(F)F. The van der Waals surface area contributed by atoms with Gasteiger partial charge in [0.1, 0.15) is 0 Å². The molecule has 2 aliphatic heterocycles. The first-order valence-electron chi connectivity index (χ1n) is 8.07. The van der Waals surface area contributed by atoms with E-state index in [4.69, 9.17) is 0 Å². The van der Waals surface area contributed by atoms with Gasteiger partial charge in [0.05, 0.1) is 11.3 Å². The number of rotatable bonds is 2. The molecule has 3 unspecified atom stereocenters. The Hall–Kier alpha value is -1.79. The minimum absolute atomic E-state index is 0.133. The molecule has 1 amide bonds. The van der Waals surface area contributed by atoms with E-state index in [1.54, 1.807) is 30.3 Å². The molecule has 3 fully saturated rings. The van der Waals surface area contributed by atoms with Gasteiger partial charge in [0.15, 0.2) is 0 Å². The maximum atomic E-state index is 14.7. The number of ether oxygens (including phenoxy) is 1. The van der Waals surface area contributed by atoms with Gasteiger partial charge in [-0.3, -0.25) is 0 Å². The normalized spacial score (nSPS) is 36.2. The number of benzene rings is 1. The third-order valence-corrected chi connectivity index (χ3v) is 5.85. The Morgan fingerprint density at radius 2 is 1.71 bits per heavy atom. The third-order valence-electron chi connectivity index (χ3n) is 5.85. The predicted octanol–water partition coefficient (Wildman–Crippen LogP) is 4.39. The van der Waals surface area contributed by atoms with Crippen LogP contribution in [0.1, 0.15) is 37.2 Å². The van der Waals surface area contributed by atoms with Crippen LogP contribution in [0.25, 0.3) is 0 Å². The molecule has 1 aliphatic carbocycles. The van der Waals surface area contributed by atoms with Crippen molar-refractivity contribution in [3.05, 3.63) is 35.9 Å². The molecule has 1 aromatic carbocycles. The summed E-state index contributed by atoms with van der Waals surface area (Å²) < 4.78 is 57.9. The highest BCUT2D eigenvalue weighted by Crippen LogP contribution is 2.77. The Morgan fingerprint density at radius 1 is 1.12 bits per heavy atom. The maximum Gasteiger partial charge on any atom is 0.414 e. The summed E-state index contributed by atoms with van der Waals surface area (Å²) in [7, 11) is 0. The van der Waals surface area contributed by atoms with E-state index < -0.39 is 42.0 Å². The first-order valence-corrected chi connectivity index (χ1v) is 8.07. The molecule has 3 atom stereocenters. The van der Waals surface area contributed by atoms with E-state index in [9.17, 15) is 22.4 Å². The van der Waals surface area contributed by atoms with E-state index in [-0.39, 0.29) is 12.8 Å². The molecule has 130 valence electrons. The second kappa shape index (κ2) is 5.10. The first kappa shape index (κ1) is 15.7. The van der Waals surface area contributed by atoms with E-state index in [2.05, 4.69) is 4.74 Å². The van der Waals surface area contributed by atoms with Gasteiger partial charge in [0, 0.05) is 12.1 Å². The summed E-state index contributed by atoms with van der Waals surface area (Å²) in [6, 6.07) is 7.76. The Labute approximate surface area is 136 Å². The third kappa shape index (κ3) is 2.06. The summed E-state index contributed by atoms with van der Waals surface area (Å²) in [5.74, 6) is -3.68. The van der Waals surface area contributed by atoms with E-state index in [0.717, 1.165) is 0 Å². The first-order chi connectivity index (χ1) is 11.4. The lowest BCUT2D eigenvalue weighted by molar-refractivity contribution is -0.101. The Balaban J connectivity index is 1.58. The van der Waals surface area contributed by atoms with Gasteiger partial charge >= 0.3 is 12.7 Å². The molecule has 2 heterocycles. The highest BCUT2D eigenvalue weighted by molar-refractivity contribution is 5.69. The Morgan fingerprint density at radius 3 is 2.25 bits per heavy atom. The summed E-state index contributed by atoms with van der Waals surface area (Å²) in [4.78, 5) is 13.1. The van der Waals surface area contributed by atoms with Crippen LogP contribution in [0, 0.1) is 5.41 Å². The van der Waals surface area contributed by atoms with Gasteiger partial charge in [-0.05, 0) is 31.2 Å². The summed E-state index contributed by atoms with van der Waals surface area (Å²) in [5, 5.41) is 0. The monoisotopic (exact) mass is 343 g/mol. The number of carbonyl (C=O) groups is 1. The molecule has 0 radical (unpaired) electrons. The number of fused-ring (bicyclic) bond motifs is 2. The maximum absolute atomic E-state index is 14.7. The number of halogens is 4. The number of piperidine rings is 1. The van der Waals surface area contributed by atoms with Gasteiger partial charge in [0.25, 0.3) is 5.92 Å². The summed E-state index contributed by atoms with van der Waals surface area (Å²) in [5.41, 5.74) is -0.563. The smallest absolute Gasteiger partial charge is 0.386 e. The molecule has 0 N–H and O–H groups in total. The van der Waals surface area contributed by atoms with Crippen molar-refractivity contribution in [2.75, 3.05) is 0 Å². The topological polar surface area (TPSA) is 29.5 Å². The number of nitrogens with zero attached hydrogens (tertiary/aromatic N) is 1. The standard InChI is InChI=1S/C17H17F4NO2/c18-14(19)24-15(23)22-11-6-7-12(22)9-16(8-11)13(17(16,20)21)10-4-2-1-3-5-10/h1-5,11-14H,6-9H2. The van der Waals surface area contributed by atoms with Gasteiger partial charge < -0.3 is 9.64 Å². The van der Waals surface area contributed by atoms with Gasteiger partial charge in [-0.15, -0.1) is 0 Å². The van der Waals surface area contributed by atoms with Crippen molar-refractivity contribution in [3.8, 4) is 0 Å². The molecule has 1 aromatic rings. The van der Waals surface area contributed by atoms with E-state index >= 15 is 0 Å². The van der Waals surface area contributed by atoms with Crippen molar-refractivity contribution in [2.45, 2.75) is 56.2 Å². The van der Waals surface area contributed by atoms with Crippen molar-refractivity contribution in [3.63, 3.8) is 0 Å². The van der Waals surface area contributed by atoms with Crippen LogP contribution in [0.5, 0.6) is 0 Å². The molecule has 3 nitrogen and oxygen atoms in total. The van der Waals surface area contributed by atoms with Crippen molar-refractivity contribution in [1.82, 2.24) is 4.90 Å². The Kier molecular flexibility index (Phi) is 3.34. The summed E-state index contributed by atoms with van der Waals surface area (Å²) in [6.07, 6.45) is 0.292. The van der Waals surface area contributed by atoms with Gasteiger partial charge in [-0.25, -0.2) is 13.6 Å². The highest BCUT2D eigenvalue weighted by atomic mass is 19.3. The van der Waals surface area contributed by atoms with Crippen LogP contribution in [-0.4, -0.2) is 35.6 Å². The number of hydrogen-bond acceptors (Lipinski definition) is 2. The molecule has 2 saturated heterocycles. The zero-order valence-electron chi connectivity index (χ0n) is 12.8. The molecular weight excluding hydrogens is 326 g/mol. The lowest BCUT2D eigenvalue weighted by Crippen LogP contribution is -2.49. The molecule has 3 aliphatic rings. The van der Waals surface area contributed by atoms with Crippen LogP contribution in [0.3, 0.4) is 0 Å².